The predicted octanol–water partition coefficient (Wildman–Crippen LogP) is 4.05. The van der Waals surface area contributed by atoms with Crippen molar-refractivity contribution in [2.45, 2.75) is 32.6 Å². The number of benzene rings is 2. The maximum Gasteiger partial charge on any atom is 0.280 e. The van der Waals surface area contributed by atoms with Crippen LogP contribution in [0.1, 0.15) is 44.0 Å². The molecule has 0 unspecified atom stereocenters. The molecule has 0 saturated carbocycles. The van der Waals surface area contributed by atoms with Crippen molar-refractivity contribution in [1.29, 1.82) is 0 Å². The molecule has 1 N–H and O–H groups in total. The highest BCUT2D eigenvalue weighted by Gasteiger charge is 2.20. The second-order valence-electron chi connectivity index (χ2n) is 6.53. The molecule has 2 aromatic carbocycles. The molecule has 0 aliphatic heterocycles. The van der Waals surface area contributed by atoms with Gasteiger partial charge in [0.1, 0.15) is 5.82 Å². The van der Waals surface area contributed by atoms with E-state index in [1.54, 1.807) is 49.4 Å². The minimum Gasteiger partial charge on any atom is -0.273 e. The Bertz CT molecular complexity index is 1010. The van der Waals surface area contributed by atoms with E-state index in [-0.39, 0.29) is 17.4 Å². The van der Waals surface area contributed by atoms with Crippen LogP contribution in [0.4, 0.5) is 0 Å². The summed E-state index contributed by atoms with van der Waals surface area (Å²) in [4.78, 5) is 30.2. The minimum absolute atomic E-state index is 0.0292. The van der Waals surface area contributed by atoms with Crippen molar-refractivity contribution in [3.63, 3.8) is 0 Å². The number of aromatic nitrogens is 2. The highest BCUT2D eigenvalue weighted by molar-refractivity contribution is 6.30. The van der Waals surface area contributed by atoms with Crippen LogP contribution in [-0.2, 0) is 4.79 Å². The average Bonchev–Trinajstić information content (AvgIpc) is 2.63. The van der Waals surface area contributed by atoms with Crippen LogP contribution in [0.15, 0.2) is 53.3 Å². The molecule has 0 aliphatic rings. The van der Waals surface area contributed by atoms with E-state index >= 15 is 0 Å². The van der Waals surface area contributed by atoms with E-state index in [0.717, 1.165) is 5.56 Å². The summed E-state index contributed by atoms with van der Waals surface area (Å²) in [6, 6.07) is 14.2. The maximum absolute atomic E-state index is 12.9. The molecule has 5 nitrogen and oxygen atoms in total. The second kappa shape index (κ2) is 7.30. The van der Waals surface area contributed by atoms with Gasteiger partial charge in [0.25, 0.3) is 5.56 Å². The Hall–Kier alpha value is -2.66. The third-order valence-corrected chi connectivity index (χ3v) is 4.56. The first-order valence-corrected chi connectivity index (χ1v) is 8.84. The Labute approximate surface area is 156 Å². The summed E-state index contributed by atoms with van der Waals surface area (Å²) in [7, 11) is 0. The lowest BCUT2D eigenvalue weighted by Gasteiger charge is -2.19. The minimum atomic E-state index is -0.439. The van der Waals surface area contributed by atoms with Crippen LogP contribution in [0.25, 0.3) is 10.9 Å². The van der Waals surface area contributed by atoms with E-state index in [1.165, 1.54) is 4.68 Å². The van der Waals surface area contributed by atoms with Crippen molar-refractivity contribution in [3.8, 4) is 0 Å². The van der Waals surface area contributed by atoms with Gasteiger partial charge in [-0.2, -0.15) is 0 Å². The first kappa shape index (κ1) is 18.1. The van der Waals surface area contributed by atoms with E-state index in [2.05, 4.69) is 10.4 Å². The highest BCUT2D eigenvalue weighted by Crippen LogP contribution is 2.19. The number of hydrogen-bond acceptors (Lipinski definition) is 3. The fourth-order valence-electron chi connectivity index (χ4n) is 2.76. The van der Waals surface area contributed by atoms with Gasteiger partial charge in [-0.25, -0.2) is 9.66 Å². The van der Waals surface area contributed by atoms with Crippen LogP contribution >= 0.6 is 11.6 Å². The molecule has 0 saturated heterocycles. The molecule has 1 amide bonds. The lowest BCUT2D eigenvalue weighted by Crippen LogP contribution is -2.38. The lowest BCUT2D eigenvalue weighted by molar-refractivity contribution is -0.118. The SMILES string of the molecule is CC(C)c1nc2ccccc2c(=O)n1NC(=O)[C@@H](C)c1ccc(Cl)cc1. The molecule has 1 atom stereocenters. The van der Waals surface area contributed by atoms with Gasteiger partial charge >= 0.3 is 0 Å². The molecule has 0 spiro atoms. The molecule has 0 aliphatic carbocycles. The van der Waals surface area contributed by atoms with Gasteiger partial charge in [0.15, 0.2) is 0 Å². The number of rotatable bonds is 4. The number of nitrogens with one attached hydrogen (secondary N) is 1. The molecule has 0 bridgehead atoms. The van der Waals surface area contributed by atoms with Gasteiger partial charge in [-0.1, -0.05) is 49.7 Å². The van der Waals surface area contributed by atoms with E-state index in [9.17, 15) is 9.59 Å². The lowest BCUT2D eigenvalue weighted by atomic mass is 10.0. The third-order valence-electron chi connectivity index (χ3n) is 4.30. The standard InChI is InChI=1S/C20H20ClN3O2/c1-12(2)18-22-17-7-5-4-6-16(17)20(26)24(18)23-19(25)13(3)14-8-10-15(21)11-9-14/h4-13H,1-3H3,(H,23,25)/t13-/m0/s1. The number of nitrogens with zero attached hydrogens (tertiary/aromatic N) is 2. The van der Waals surface area contributed by atoms with Crippen molar-refractivity contribution in [3.05, 3.63) is 75.3 Å². The molecular formula is C20H20ClN3O2. The number of amides is 1. The summed E-state index contributed by atoms with van der Waals surface area (Å²) in [5.41, 5.74) is 3.90. The molecule has 1 heterocycles. The number of carbonyl (C=O) groups is 1. The molecule has 0 fully saturated rings. The van der Waals surface area contributed by atoms with Crippen LogP contribution in [0, 0.1) is 0 Å². The van der Waals surface area contributed by atoms with Crippen LogP contribution < -0.4 is 11.0 Å². The second-order valence-corrected chi connectivity index (χ2v) is 6.97. The van der Waals surface area contributed by atoms with Crippen LogP contribution in [0.3, 0.4) is 0 Å². The average molecular weight is 370 g/mol. The largest absolute Gasteiger partial charge is 0.280 e. The predicted molar refractivity (Wildman–Crippen MR) is 104 cm³/mol. The van der Waals surface area contributed by atoms with Crippen molar-refractivity contribution in [2.24, 2.45) is 0 Å². The van der Waals surface area contributed by atoms with Gasteiger partial charge in [-0.15, -0.1) is 0 Å². The first-order chi connectivity index (χ1) is 12.4. The topological polar surface area (TPSA) is 64.0 Å². The number of para-hydroxylation sites is 1. The number of hydrogen-bond donors (Lipinski definition) is 1. The Morgan fingerprint density at radius 3 is 2.38 bits per heavy atom. The summed E-state index contributed by atoms with van der Waals surface area (Å²) >= 11 is 5.90. The molecule has 26 heavy (non-hydrogen) atoms. The maximum atomic E-state index is 12.9. The fraction of sp³-hybridized carbons (Fsp3) is 0.250. The van der Waals surface area contributed by atoms with Crippen LogP contribution in [-0.4, -0.2) is 15.6 Å². The van der Waals surface area contributed by atoms with E-state index in [1.807, 2.05) is 19.9 Å². The summed E-state index contributed by atoms with van der Waals surface area (Å²) < 4.78 is 1.27. The van der Waals surface area contributed by atoms with Crippen molar-refractivity contribution in [2.75, 3.05) is 5.43 Å². The zero-order chi connectivity index (χ0) is 18.8. The van der Waals surface area contributed by atoms with Gasteiger partial charge in [-0.05, 0) is 36.8 Å². The molecule has 6 heteroatoms. The Kier molecular flexibility index (Phi) is 5.09. The van der Waals surface area contributed by atoms with Crippen LogP contribution in [0.5, 0.6) is 0 Å². The number of carbonyl (C=O) groups excluding carboxylic acids is 1. The number of fused-ring (bicyclic) bond motifs is 1. The Morgan fingerprint density at radius 1 is 1.08 bits per heavy atom. The molecule has 134 valence electrons. The van der Waals surface area contributed by atoms with Crippen LogP contribution in [0.2, 0.25) is 5.02 Å². The highest BCUT2D eigenvalue weighted by atomic mass is 35.5. The smallest absolute Gasteiger partial charge is 0.273 e. The van der Waals surface area contributed by atoms with Crippen molar-refractivity contribution >= 4 is 28.4 Å². The summed E-state index contributed by atoms with van der Waals surface area (Å²) in [5, 5.41) is 1.08. The van der Waals surface area contributed by atoms with E-state index in [4.69, 9.17) is 11.6 Å². The summed E-state index contributed by atoms with van der Waals surface area (Å²) in [6.45, 7) is 5.65. The zero-order valence-electron chi connectivity index (χ0n) is 14.9. The normalized spacial score (nSPS) is 12.3. The third kappa shape index (κ3) is 3.48. The van der Waals surface area contributed by atoms with E-state index < -0.39 is 5.92 Å². The van der Waals surface area contributed by atoms with Crippen molar-refractivity contribution < 1.29 is 4.79 Å². The Morgan fingerprint density at radius 2 is 1.73 bits per heavy atom. The van der Waals surface area contributed by atoms with Gasteiger partial charge in [0, 0.05) is 10.9 Å². The van der Waals surface area contributed by atoms with Gasteiger partial charge in [0.2, 0.25) is 5.91 Å². The van der Waals surface area contributed by atoms with Gasteiger partial charge < -0.3 is 0 Å². The number of halogens is 1. The van der Waals surface area contributed by atoms with E-state index in [0.29, 0.717) is 21.7 Å². The molecule has 1 aromatic heterocycles. The molecule has 3 rings (SSSR count). The first-order valence-electron chi connectivity index (χ1n) is 8.46. The fourth-order valence-corrected chi connectivity index (χ4v) is 2.88. The molecule has 0 radical (unpaired) electrons. The molecule has 3 aromatic rings. The quantitative estimate of drug-likeness (QED) is 0.754. The van der Waals surface area contributed by atoms with Crippen molar-refractivity contribution in [1.82, 2.24) is 9.66 Å². The van der Waals surface area contributed by atoms with Gasteiger partial charge in [-0.3, -0.25) is 15.0 Å². The van der Waals surface area contributed by atoms with Gasteiger partial charge in [0.05, 0.1) is 16.8 Å². The molecular weight excluding hydrogens is 350 g/mol. The summed E-state index contributed by atoms with van der Waals surface area (Å²) in [6.07, 6.45) is 0. The summed E-state index contributed by atoms with van der Waals surface area (Å²) in [5.74, 6) is -0.233. The zero-order valence-corrected chi connectivity index (χ0v) is 15.6. The monoisotopic (exact) mass is 369 g/mol. The Balaban J connectivity index is 2.00.